The Kier molecular flexibility index (Phi) is 2.56. The minimum atomic E-state index is -2.22. The van der Waals surface area contributed by atoms with Crippen molar-refractivity contribution in [3.05, 3.63) is 12.2 Å². The van der Waals surface area contributed by atoms with Gasteiger partial charge >= 0.3 is 0 Å². The Labute approximate surface area is 41.8 Å². The van der Waals surface area contributed by atoms with E-state index in [0.717, 1.165) is 0 Å². The highest BCUT2D eigenvalue weighted by molar-refractivity contribution is 4.88. The molecule has 0 aliphatic carbocycles. The standard InChI is InChI=1S/C5H8F2/c1-4(2)3-5(6)7/h5H,1,3H2,2H3. The van der Waals surface area contributed by atoms with Gasteiger partial charge in [0.25, 0.3) is 0 Å². The SMILES string of the molecule is C=C(C)CC(F)F. The average molecular weight is 106 g/mol. The first-order valence-electron chi connectivity index (χ1n) is 2.05. The first-order valence-corrected chi connectivity index (χ1v) is 2.05. The van der Waals surface area contributed by atoms with E-state index in [1.807, 2.05) is 0 Å². The van der Waals surface area contributed by atoms with Gasteiger partial charge in [0.15, 0.2) is 0 Å². The zero-order chi connectivity index (χ0) is 5.86. The maximum absolute atomic E-state index is 11.2. The topological polar surface area (TPSA) is 0 Å². The second-order valence-corrected chi connectivity index (χ2v) is 1.55. The molecule has 0 bridgehead atoms. The summed E-state index contributed by atoms with van der Waals surface area (Å²) in [4.78, 5) is 0. The Bertz CT molecular complexity index is 66.5. The Balaban J connectivity index is 3.13. The van der Waals surface area contributed by atoms with E-state index in [1.165, 1.54) is 0 Å². The van der Waals surface area contributed by atoms with Gasteiger partial charge in [-0.1, -0.05) is 12.2 Å². The highest BCUT2D eigenvalue weighted by Crippen LogP contribution is 2.05. The van der Waals surface area contributed by atoms with E-state index in [2.05, 4.69) is 6.58 Å². The molecule has 0 spiro atoms. The van der Waals surface area contributed by atoms with Crippen LogP contribution in [0.5, 0.6) is 0 Å². The van der Waals surface area contributed by atoms with Crippen molar-refractivity contribution in [3.8, 4) is 0 Å². The molecule has 0 fully saturated rings. The highest BCUT2D eigenvalue weighted by atomic mass is 19.3. The van der Waals surface area contributed by atoms with Gasteiger partial charge in [-0.15, -0.1) is 0 Å². The summed E-state index contributed by atoms with van der Waals surface area (Å²) in [6.07, 6.45) is -2.39. The van der Waals surface area contributed by atoms with Gasteiger partial charge in [0, 0.05) is 6.42 Å². The molecular formula is C5H8F2. The molecule has 0 atom stereocenters. The van der Waals surface area contributed by atoms with Crippen LogP contribution in [-0.2, 0) is 0 Å². The van der Waals surface area contributed by atoms with E-state index in [4.69, 9.17) is 0 Å². The Morgan fingerprint density at radius 2 is 2.14 bits per heavy atom. The molecule has 0 aromatic rings. The summed E-state index contributed by atoms with van der Waals surface area (Å²) in [7, 11) is 0. The molecule has 7 heavy (non-hydrogen) atoms. The summed E-state index contributed by atoms with van der Waals surface area (Å²) < 4.78 is 22.4. The summed E-state index contributed by atoms with van der Waals surface area (Å²) in [5, 5.41) is 0. The van der Waals surface area contributed by atoms with Gasteiger partial charge in [0.1, 0.15) is 0 Å². The monoisotopic (exact) mass is 106 g/mol. The maximum atomic E-state index is 11.2. The third-order valence-electron chi connectivity index (χ3n) is 0.503. The first-order chi connectivity index (χ1) is 3.13. The smallest absolute Gasteiger partial charge is 0.210 e. The molecule has 0 heterocycles. The van der Waals surface area contributed by atoms with Crippen LogP contribution in [0.15, 0.2) is 12.2 Å². The number of halogens is 2. The molecule has 0 amide bonds. The minimum Gasteiger partial charge on any atom is -0.210 e. The molecule has 0 aliphatic heterocycles. The van der Waals surface area contributed by atoms with Gasteiger partial charge in [-0.2, -0.15) is 0 Å². The van der Waals surface area contributed by atoms with Crippen LogP contribution in [0, 0.1) is 0 Å². The van der Waals surface area contributed by atoms with Crippen LogP contribution in [0.25, 0.3) is 0 Å². The lowest BCUT2D eigenvalue weighted by molar-refractivity contribution is 0.149. The van der Waals surface area contributed by atoms with Gasteiger partial charge in [0.2, 0.25) is 6.43 Å². The predicted octanol–water partition coefficient (Wildman–Crippen LogP) is 2.22. The maximum Gasteiger partial charge on any atom is 0.242 e. The molecule has 0 N–H and O–H groups in total. The van der Waals surface area contributed by atoms with Gasteiger partial charge < -0.3 is 0 Å². The lowest BCUT2D eigenvalue weighted by atomic mass is 10.3. The van der Waals surface area contributed by atoms with Crippen LogP contribution in [0.2, 0.25) is 0 Å². The van der Waals surface area contributed by atoms with Crippen LogP contribution < -0.4 is 0 Å². The van der Waals surface area contributed by atoms with Crippen LogP contribution in [0.3, 0.4) is 0 Å². The number of rotatable bonds is 2. The fourth-order valence-corrected chi connectivity index (χ4v) is 0.263. The average Bonchev–Trinajstić information content (AvgIpc) is 1.27. The summed E-state index contributed by atoms with van der Waals surface area (Å²) in [5.74, 6) is 0. The van der Waals surface area contributed by atoms with Crippen molar-refractivity contribution in [2.75, 3.05) is 0 Å². The second-order valence-electron chi connectivity index (χ2n) is 1.55. The van der Waals surface area contributed by atoms with Gasteiger partial charge in [-0.05, 0) is 6.92 Å². The van der Waals surface area contributed by atoms with Gasteiger partial charge in [0.05, 0.1) is 0 Å². The largest absolute Gasteiger partial charge is 0.242 e. The summed E-state index contributed by atoms with van der Waals surface area (Å²) in [6, 6.07) is 0. The van der Waals surface area contributed by atoms with E-state index in [9.17, 15) is 8.78 Å². The lowest BCUT2D eigenvalue weighted by Crippen LogP contribution is -1.88. The van der Waals surface area contributed by atoms with Crippen molar-refractivity contribution in [1.29, 1.82) is 0 Å². The van der Waals surface area contributed by atoms with E-state index in [-0.39, 0.29) is 6.42 Å². The molecule has 0 radical (unpaired) electrons. The molecule has 42 valence electrons. The molecule has 0 saturated carbocycles. The Morgan fingerprint density at radius 3 is 2.14 bits per heavy atom. The van der Waals surface area contributed by atoms with Crippen molar-refractivity contribution in [2.45, 2.75) is 19.8 Å². The van der Waals surface area contributed by atoms with Crippen LogP contribution in [0.1, 0.15) is 13.3 Å². The van der Waals surface area contributed by atoms with Crippen molar-refractivity contribution >= 4 is 0 Å². The molecule has 0 unspecified atom stereocenters. The molecule has 0 rings (SSSR count). The zero-order valence-corrected chi connectivity index (χ0v) is 4.25. The third-order valence-corrected chi connectivity index (χ3v) is 0.503. The summed E-state index contributed by atoms with van der Waals surface area (Å²) >= 11 is 0. The second kappa shape index (κ2) is 2.72. The summed E-state index contributed by atoms with van der Waals surface area (Å²) in [6.45, 7) is 4.90. The van der Waals surface area contributed by atoms with Crippen molar-refractivity contribution in [3.63, 3.8) is 0 Å². The molecule has 0 nitrogen and oxygen atoms in total. The number of alkyl halides is 2. The first kappa shape index (κ1) is 6.60. The van der Waals surface area contributed by atoms with E-state index in [1.54, 1.807) is 6.92 Å². The normalized spacial score (nSPS) is 9.71. The van der Waals surface area contributed by atoms with Crippen molar-refractivity contribution in [2.24, 2.45) is 0 Å². The predicted molar refractivity (Wildman–Crippen MR) is 25.4 cm³/mol. The van der Waals surface area contributed by atoms with Crippen molar-refractivity contribution in [1.82, 2.24) is 0 Å². The number of hydrogen-bond acceptors (Lipinski definition) is 0. The van der Waals surface area contributed by atoms with Gasteiger partial charge in [-0.3, -0.25) is 0 Å². The molecule has 2 heteroatoms. The number of hydrogen-bond donors (Lipinski definition) is 0. The minimum absolute atomic E-state index is 0.167. The molecule has 0 aliphatic rings. The van der Waals surface area contributed by atoms with E-state index in [0.29, 0.717) is 5.57 Å². The summed E-state index contributed by atoms with van der Waals surface area (Å²) in [5.41, 5.74) is 0.537. The van der Waals surface area contributed by atoms with Crippen LogP contribution in [-0.4, -0.2) is 6.43 Å². The highest BCUT2D eigenvalue weighted by Gasteiger charge is 1.99. The molecule has 0 aromatic heterocycles. The van der Waals surface area contributed by atoms with E-state index >= 15 is 0 Å². The number of allylic oxidation sites excluding steroid dienone is 1. The van der Waals surface area contributed by atoms with E-state index < -0.39 is 6.43 Å². The quantitative estimate of drug-likeness (QED) is 0.473. The Hall–Kier alpha value is -0.400. The fraction of sp³-hybridized carbons (Fsp3) is 0.600. The fourth-order valence-electron chi connectivity index (χ4n) is 0.263. The molecule has 0 aromatic carbocycles. The zero-order valence-electron chi connectivity index (χ0n) is 4.25. The lowest BCUT2D eigenvalue weighted by Gasteiger charge is -1.92. The van der Waals surface area contributed by atoms with Crippen molar-refractivity contribution < 1.29 is 8.78 Å². The molecule has 0 saturated heterocycles. The Morgan fingerprint density at radius 1 is 1.71 bits per heavy atom. The van der Waals surface area contributed by atoms with Gasteiger partial charge in [-0.25, -0.2) is 8.78 Å². The van der Waals surface area contributed by atoms with Crippen LogP contribution in [0.4, 0.5) is 8.78 Å². The van der Waals surface area contributed by atoms with Crippen LogP contribution >= 0.6 is 0 Å². The molecular weight excluding hydrogens is 98.1 g/mol. The third kappa shape index (κ3) is 5.60.